The van der Waals surface area contributed by atoms with Crippen LogP contribution < -0.4 is 0 Å². The lowest BCUT2D eigenvalue weighted by Gasteiger charge is -2.14. The molecule has 16 aromatic carbocycles. The first-order valence-corrected chi connectivity index (χ1v) is 37.3. The van der Waals surface area contributed by atoms with Crippen LogP contribution in [-0.2, 0) is 0 Å². The van der Waals surface area contributed by atoms with E-state index in [4.69, 9.17) is 24.4 Å². The number of fused-ring (bicyclic) bond motifs is 14. The van der Waals surface area contributed by atoms with Crippen LogP contribution in [0.5, 0.6) is 0 Å². The van der Waals surface area contributed by atoms with E-state index in [9.17, 15) is 0 Å². The van der Waals surface area contributed by atoms with E-state index in [1.807, 2.05) is 29.5 Å². The minimum absolute atomic E-state index is 0.650. The van der Waals surface area contributed by atoms with Gasteiger partial charge in [0.25, 0.3) is 0 Å². The summed E-state index contributed by atoms with van der Waals surface area (Å²) in [5.41, 5.74) is 26.0. The Balaban J connectivity index is 0.000000138. The highest BCUT2D eigenvalue weighted by molar-refractivity contribution is 7.25. The van der Waals surface area contributed by atoms with Crippen LogP contribution in [0.25, 0.3) is 209 Å². The van der Waals surface area contributed by atoms with Gasteiger partial charge in [0, 0.05) is 74.4 Å². The monoisotopic (exact) mass is 1390 g/mol. The zero-order valence-corrected chi connectivity index (χ0v) is 59.1. The lowest BCUT2D eigenvalue weighted by molar-refractivity contribution is 0.669. The summed E-state index contributed by atoms with van der Waals surface area (Å²) in [5, 5.41) is 11.6. The fraction of sp³-hybridized carbons (Fsp3) is 0. The van der Waals surface area contributed by atoms with Crippen molar-refractivity contribution in [1.82, 2.24) is 29.1 Å². The maximum atomic E-state index is 6.07. The van der Waals surface area contributed by atoms with Gasteiger partial charge in [-0.1, -0.05) is 285 Å². The van der Waals surface area contributed by atoms with Crippen molar-refractivity contribution in [2.24, 2.45) is 0 Å². The standard InChI is InChI=1S/C50H31N3O.C50H31N3S/c1-2-12-34(13-3-1)37-14-4-5-17-40(37)49-41-18-6-9-19-44(41)51-50(52-49)53-45-20-10-7-15-38(45)42-30-35(26-28-46(42)53)32-22-24-33(25-23-32)36-27-29-48-43(31-36)39-16-8-11-21-47(39)54-48;1-2-11-32(12-3-1)35-13-10-14-38(29-35)49-41-17-4-7-18-44(41)51-50(52-49)53-45-19-8-5-15-39(45)42-30-36(25-27-46(42)53)33-21-23-34(24-22-33)37-26-28-48-43(31-37)40-16-6-9-20-47(40)54-48/h2*1-31H. The number of para-hydroxylation sites is 5. The van der Waals surface area contributed by atoms with Gasteiger partial charge >= 0.3 is 0 Å². The number of furan rings is 1. The molecular formula is C100H62N6OS. The summed E-state index contributed by atoms with van der Waals surface area (Å²) < 4.78 is 13.2. The molecule has 0 atom stereocenters. The summed E-state index contributed by atoms with van der Waals surface area (Å²) in [7, 11) is 0. The third kappa shape index (κ3) is 10.8. The molecule has 6 heterocycles. The van der Waals surface area contributed by atoms with Crippen molar-refractivity contribution in [1.29, 1.82) is 0 Å². The summed E-state index contributed by atoms with van der Waals surface area (Å²) in [4.78, 5) is 21.1. The van der Waals surface area contributed by atoms with Gasteiger partial charge in [0.2, 0.25) is 11.9 Å². The molecule has 7 nitrogen and oxygen atoms in total. The molecule has 0 saturated carbocycles. The highest BCUT2D eigenvalue weighted by atomic mass is 32.1. The minimum Gasteiger partial charge on any atom is -0.456 e. The molecule has 0 fully saturated rings. The summed E-state index contributed by atoms with van der Waals surface area (Å²) in [5.74, 6) is 1.31. The molecule has 0 aliphatic carbocycles. The van der Waals surface area contributed by atoms with Crippen LogP contribution in [0.3, 0.4) is 0 Å². The minimum atomic E-state index is 0.650. The van der Waals surface area contributed by atoms with Crippen molar-refractivity contribution in [2.75, 3.05) is 0 Å². The van der Waals surface area contributed by atoms with Crippen molar-refractivity contribution < 1.29 is 4.42 Å². The Morgan fingerprint density at radius 2 is 0.583 bits per heavy atom. The molecule has 22 rings (SSSR count). The van der Waals surface area contributed by atoms with E-state index in [0.29, 0.717) is 11.9 Å². The fourth-order valence-electron chi connectivity index (χ4n) is 16.0. The zero-order chi connectivity index (χ0) is 71.2. The second-order valence-electron chi connectivity index (χ2n) is 27.6. The highest BCUT2D eigenvalue weighted by Gasteiger charge is 2.23. The number of hydrogen-bond acceptors (Lipinski definition) is 6. The molecule has 0 aliphatic rings. The predicted molar refractivity (Wildman–Crippen MR) is 451 cm³/mol. The average Bonchev–Trinajstić information content (AvgIpc) is 1.51. The molecule has 0 bridgehead atoms. The van der Waals surface area contributed by atoms with Crippen LogP contribution >= 0.6 is 11.3 Å². The SMILES string of the molecule is c1ccc(-c2cccc(-c3nc(-n4c5ccccc5c5cc(-c6ccc(-c7ccc8sc9ccccc9c8c7)cc6)ccc54)nc4ccccc34)c2)cc1.c1ccc(-c2ccccc2-c2nc(-n3c4ccccc4c4cc(-c5ccc(-c6ccc7oc8ccccc8c7c6)cc5)ccc43)nc3ccccc23)cc1. The van der Waals surface area contributed by atoms with Crippen molar-refractivity contribution in [3.8, 4) is 101 Å². The smallest absolute Gasteiger partial charge is 0.235 e. The Bertz CT molecular complexity index is 7300. The van der Waals surface area contributed by atoms with Gasteiger partial charge in [-0.25, -0.2) is 19.9 Å². The first-order valence-electron chi connectivity index (χ1n) is 36.5. The van der Waals surface area contributed by atoms with Gasteiger partial charge in [-0.3, -0.25) is 9.13 Å². The molecule has 504 valence electrons. The predicted octanol–water partition coefficient (Wildman–Crippen LogP) is 27.1. The Morgan fingerprint density at radius 1 is 0.204 bits per heavy atom. The Labute approximate surface area is 625 Å². The third-order valence-electron chi connectivity index (χ3n) is 21.3. The number of benzene rings is 16. The first-order chi connectivity index (χ1) is 53.5. The van der Waals surface area contributed by atoms with Gasteiger partial charge < -0.3 is 4.42 Å². The molecule has 0 saturated heterocycles. The maximum Gasteiger partial charge on any atom is 0.235 e. The van der Waals surface area contributed by atoms with Crippen LogP contribution in [-0.4, -0.2) is 29.1 Å². The van der Waals surface area contributed by atoms with E-state index >= 15 is 0 Å². The summed E-state index contributed by atoms with van der Waals surface area (Å²) in [6.07, 6.45) is 0. The van der Waals surface area contributed by atoms with Gasteiger partial charge in [0.05, 0.1) is 44.5 Å². The van der Waals surface area contributed by atoms with Gasteiger partial charge in [0.15, 0.2) is 0 Å². The number of aromatic nitrogens is 6. The number of hydrogen-bond donors (Lipinski definition) is 0. The lowest BCUT2D eigenvalue weighted by atomic mass is 9.96. The van der Waals surface area contributed by atoms with Crippen molar-refractivity contribution in [2.45, 2.75) is 0 Å². The van der Waals surface area contributed by atoms with Crippen molar-refractivity contribution in [3.63, 3.8) is 0 Å². The largest absolute Gasteiger partial charge is 0.456 e. The summed E-state index contributed by atoms with van der Waals surface area (Å²) in [6.45, 7) is 0. The molecule has 0 unspecified atom stereocenters. The quantitative estimate of drug-likeness (QED) is 0.136. The molecule has 0 amide bonds. The first kappa shape index (κ1) is 62.4. The fourth-order valence-corrected chi connectivity index (χ4v) is 17.1. The molecule has 108 heavy (non-hydrogen) atoms. The van der Waals surface area contributed by atoms with Crippen LogP contribution in [0.2, 0.25) is 0 Å². The van der Waals surface area contributed by atoms with E-state index in [1.165, 1.54) is 69.9 Å². The second-order valence-corrected chi connectivity index (χ2v) is 28.7. The Hall–Kier alpha value is -14.2. The molecule has 0 radical (unpaired) electrons. The van der Waals surface area contributed by atoms with E-state index in [0.717, 1.165) is 127 Å². The highest BCUT2D eigenvalue weighted by Crippen LogP contribution is 2.43. The van der Waals surface area contributed by atoms with E-state index in [1.54, 1.807) is 0 Å². The van der Waals surface area contributed by atoms with E-state index in [2.05, 4.69) is 367 Å². The molecular weight excluding hydrogens is 1330 g/mol. The van der Waals surface area contributed by atoms with E-state index in [-0.39, 0.29) is 0 Å². The van der Waals surface area contributed by atoms with Crippen molar-refractivity contribution in [3.05, 3.63) is 376 Å². The topological polar surface area (TPSA) is 74.6 Å². The maximum absolute atomic E-state index is 6.07. The Morgan fingerprint density at radius 3 is 1.19 bits per heavy atom. The number of rotatable bonds is 10. The van der Waals surface area contributed by atoms with Crippen LogP contribution in [0.15, 0.2) is 381 Å². The summed E-state index contributed by atoms with van der Waals surface area (Å²) in [6, 6.07) is 134. The molecule has 0 spiro atoms. The molecule has 6 aromatic heterocycles. The van der Waals surface area contributed by atoms with E-state index < -0.39 is 0 Å². The van der Waals surface area contributed by atoms with Gasteiger partial charge in [-0.2, -0.15) is 0 Å². The number of nitrogens with zero attached hydrogens (tertiary/aromatic N) is 6. The van der Waals surface area contributed by atoms with Crippen LogP contribution in [0, 0.1) is 0 Å². The molecule has 8 heteroatoms. The van der Waals surface area contributed by atoms with Crippen LogP contribution in [0.1, 0.15) is 0 Å². The molecule has 0 aliphatic heterocycles. The van der Waals surface area contributed by atoms with Crippen LogP contribution in [0.4, 0.5) is 0 Å². The van der Waals surface area contributed by atoms with Crippen molar-refractivity contribution >= 4 is 119 Å². The molecule has 0 N–H and O–H groups in total. The van der Waals surface area contributed by atoms with Gasteiger partial charge in [-0.05, 0) is 158 Å². The second kappa shape index (κ2) is 25.9. The normalized spacial score (nSPS) is 11.7. The average molecular weight is 1400 g/mol. The Kier molecular flexibility index (Phi) is 15.0. The van der Waals surface area contributed by atoms with Gasteiger partial charge in [0.1, 0.15) is 11.2 Å². The number of thiophene rings is 1. The van der Waals surface area contributed by atoms with Gasteiger partial charge in [-0.15, -0.1) is 11.3 Å². The lowest BCUT2D eigenvalue weighted by Crippen LogP contribution is -2.03. The third-order valence-corrected chi connectivity index (χ3v) is 22.4. The molecule has 22 aromatic rings. The zero-order valence-electron chi connectivity index (χ0n) is 58.3. The summed E-state index contributed by atoms with van der Waals surface area (Å²) >= 11 is 1.86.